The molecule has 1 aromatic rings. The number of H-pyrrole nitrogens is 1. The number of aliphatic hydroxyl groups excluding tert-OH is 1. The fraction of sp³-hybridized carbons (Fsp3) is 0.333. The molecular weight excluding hydrogens is 198 g/mol. The number of hydrogen-bond acceptors (Lipinski definition) is 4. The van der Waals surface area contributed by atoms with E-state index in [1.165, 1.54) is 0 Å². The first kappa shape index (κ1) is 9.97. The van der Waals surface area contributed by atoms with Gasteiger partial charge >= 0.3 is 5.97 Å². The fourth-order valence-corrected chi connectivity index (χ4v) is 1.17. The standard InChI is InChI=1S/C6H8ClN3O3/c7-5-3(2(11)1-8)4(6(12)13)9-10-5/h2,11H,1,8H2,(H,9,10)(H,12,13). The van der Waals surface area contributed by atoms with Crippen LogP contribution in [0.5, 0.6) is 0 Å². The zero-order valence-corrected chi connectivity index (χ0v) is 7.25. The van der Waals surface area contributed by atoms with E-state index < -0.39 is 12.1 Å². The Morgan fingerprint density at radius 1 is 1.77 bits per heavy atom. The molecule has 0 radical (unpaired) electrons. The molecule has 72 valence electrons. The summed E-state index contributed by atoms with van der Waals surface area (Å²) in [6.45, 7) is -0.112. The summed E-state index contributed by atoms with van der Waals surface area (Å²) < 4.78 is 0. The van der Waals surface area contributed by atoms with Crippen LogP contribution < -0.4 is 5.73 Å². The lowest BCUT2D eigenvalue weighted by molar-refractivity contribution is 0.0683. The van der Waals surface area contributed by atoms with Gasteiger partial charge in [0.25, 0.3) is 0 Å². The van der Waals surface area contributed by atoms with Gasteiger partial charge in [-0.25, -0.2) is 4.79 Å². The summed E-state index contributed by atoms with van der Waals surface area (Å²) in [7, 11) is 0. The summed E-state index contributed by atoms with van der Waals surface area (Å²) in [5.41, 5.74) is 4.88. The van der Waals surface area contributed by atoms with Crippen molar-refractivity contribution < 1.29 is 15.0 Å². The van der Waals surface area contributed by atoms with Gasteiger partial charge in [0, 0.05) is 6.54 Å². The number of aliphatic hydroxyl groups is 1. The number of aromatic carboxylic acids is 1. The number of rotatable bonds is 3. The minimum Gasteiger partial charge on any atom is -0.476 e. The highest BCUT2D eigenvalue weighted by Gasteiger charge is 2.22. The second kappa shape index (κ2) is 3.73. The van der Waals surface area contributed by atoms with E-state index in [-0.39, 0.29) is 23.0 Å². The Labute approximate surface area is 78.3 Å². The maximum Gasteiger partial charge on any atom is 0.356 e. The van der Waals surface area contributed by atoms with Crippen molar-refractivity contribution in [1.82, 2.24) is 10.2 Å². The van der Waals surface area contributed by atoms with E-state index >= 15 is 0 Å². The van der Waals surface area contributed by atoms with Crippen LogP contribution in [0.2, 0.25) is 5.15 Å². The molecule has 1 rings (SSSR count). The Balaban J connectivity index is 3.15. The largest absolute Gasteiger partial charge is 0.476 e. The number of carboxylic acids is 1. The summed E-state index contributed by atoms with van der Waals surface area (Å²) in [6.07, 6.45) is -1.11. The number of nitrogens with two attached hydrogens (primary N) is 1. The molecule has 5 N–H and O–H groups in total. The van der Waals surface area contributed by atoms with Gasteiger partial charge in [-0.2, -0.15) is 5.10 Å². The third-order valence-electron chi connectivity index (χ3n) is 1.52. The highest BCUT2D eigenvalue weighted by Crippen LogP contribution is 2.23. The van der Waals surface area contributed by atoms with Crippen LogP contribution in [0, 0.1) is 0 Å². The van der Waals surface area contributed by atoms with Crippen LogP contribution in [0.3, 0.4) is 0 Å². The number of aromatic nitrogens is 2. The van der Waals surface area contributed by atoms with Gasteiger partial charge in [0.2, 0.25) is 0 Å². The summed E-state index contributed by atoms with van der Waals surface area (Å²) in [4.78, 5) is 10.6. The Morgan fingerprint density at radius 3 is 2.85 bits per heavy atom. The molecule has 0 amide bonds. The predicted molar refractivity (Wildman–Crippen MR) is 44.6 cm³/mol. The number of nitrogens with zero attached hydrogens (tertiary/aromatic N) is 1. The SMILES string of the molecule is NCC(O)c1c(C(=O)O)n[nH]c1Cl. The predicted octanol–water partition coefficient (Wildman–Crippen LogP) is -0.247. The zero-order valence-electron chi connectivity index (χ0n) is 6.49. The number of hydrogen-bond donors (Lipinski definition) is 4. The van der Waals surface area contributed by atoms with Crippen molar-refractivity contribution in [2.75, 3.05) is 6.54 Å². The van der Waals surface area contributed by atoms with Crippen molar-refractivity contribution in [2.45, 2.75) is 6.10 Å². The maximum atomic E-state index is 10.6. The Bertz CT molecular complexity index is 325. The second-order valence-corrected chi connectivity index (χ2v) is 2.73. The molecule has 0 aromatic carbocycles. The molecule has 0 fully saturated rings. The molecule has 1 aromatic heterocycles. The zero-order chi connectivity index (χ0) is 10.0. The molecule has 0 aliphatic carbocycles. The lowest BCUT2D eigenvalue weighted by Gasteiger charge is -2.05. The topological polar surface area (TPSA) is 112 Å². The van der Waals surface area contributed by atoms with Crippen molar-refractivity contribution in [2.24, 2.45) is 5.73 Å². The van der Waals surface area contributed by atoms with Gasteiger partial charge in [0.05, 0.1) is 11.7 Å². The van der Waals surface area contributed by atoms with Crippen molar-refractivity contribution in [3.63, 3.8) is 0 Å². The normalized spacial score (nSPS) is 12.8. The lowest BCUT2D eigenvalue weighted by atomic mass is 10.1. The van der Waals surface area contributed by atoms with Gasteiger partial charge in [0.15, 0.2) is 5.69 Å². The molecule has 0 aliphatic heterocycles. The van der Waals surface area contributed by atoms with Crippen molar-refractivity contribution in [3.8, 4) is 0 Å². The minimum absolute atomic E-state index is 0.00431. The molecule has 7 heteroatoms. The summed E-state index contributed by atoms with van der Waals surface area (Å²) in [5, 5.41) is 23.6. The van der Waals surface area contributed by atoms with Crippen molar-refractivity contribution in [3.05, 3.63) is 16.4 Å². The van der Waals surface area contributed by atoms with E-state index in [0.29, 0.717) is 0 Å². The molecule has 13 heavy (non-hydrogen) atoms. The Morgan fingerprint density at radius 2 is 2.38 bits per heavy atom. The molecule has 0 saturated carbocycles. The number of carbonyl (C=O) groups is 1. The Hall–Kier alpha value is -1.11. The number of carboxylic acid groups (broad SMARTS) is 1. The van der Waals surface area contributed by atoms with E-state index in [4.69, 9.17) is 22.4 Å². The summed E-state index contributed by atoms with van der Waals surface area (Å²) in [5.74, 6) is -1.26. The van der Waals surface area contributed by atoms with Gasteiger partial charge in [-0.3, -0.25) is 5.10 Å². The molecule has 1 unspecified atom stereocenters. The van der Waals surface area contributed by atoms with Crippen LogP contribution in [0.25, 0.3) is 0 Å². The number of halogens is 1. The van der Waals surface area contributed by atoms with E-state index in [0.717, 1.165) is 0 Å². The van der Waals surface area contributed by atoms with Crippen molar-refractivity contribution in [1.29, 1.82) is 0 Å². The van der Waals surface area contributed by atoms with Crippen LogP contribution in [-0.2, 0) is 0 Å². The third-order valence-corrected chi connectivity index (χ3v) is 1.80. The summed E-state index contributed by atoms with van der Waals surface area (Å²) >= 11 is 5.57. The van der Waals surface area contributed by atoms with Crippen molar-refractivity contribution >= 4 is 17.6 Å². The molecule has 1 atom stereocenters. The lowest BCUT2D eigenvalue weighted by Crippen LogP contribution is -2.14. The maximum absolute atomic E-state index is 10.6. The third kappa shape index (κ3) is 1.80. The van der Waals surface area contributed by atoms with Crippen LogP contribution in [-0.4, -0.2) is 32.9 Å². The van der Waals surface area contributed by atoms with Gasteiger partial charge in [-0.05, 0) is 0 Å². The quantitative estimate of drug-likeness (QED) is 0.544. The smallest absolute Gasteiger partial charge is 0.356 e. The minimum atomic E-state index is -1.26. The first-order chi connectivity index (χ1) is 6.07. The highest BCUT2D eigenvalue weighted by molar-refractivity contribution is 6.30. The van der Waals surface area contributed by atoms with Gasteiger partial charge in [-0.1, -0.05) is 11.6 Å². The van der Waals surface area contributed by atoms with Crippen LogP contribution >= 0.6 is 11.6 Å². The first-order valence-corrected chi connectivity index (χ1v) is 3.81. The summed E-state index contributed by atoms with van der Waals surface area (Å²) in [6, 6.07) is 0. The van der Waals surface area contributed by atoms with Gasteiger partial charge < -0.3 is 15.9 Å². The van der Waals surface area contributed by atoms with Gasteiger partial charge in [-0.15, -0.1) is 0 Å². The molecule has 0 saturated heterocycles. The average Bonchev–Trinajstić information content (AvgIpc) is 2.46. The van der Waals surface area contributed by atoms with Crippen LogP contribution in [0.4, 0.5) is 0 Å². The number of nitrogens with one attached hydrogen (secondary N) is 1. The van der Waals surface area contributed by atoms with E-state index in [2.05, 4.69) is 10.2 Å². The van der Waals surface area contributed by atoms with E-state index in [1.807, 2.05) is 0 Å². The molecule has 6 nitrogen and oxygen atoms in total. The molecule has 0 bridgehead atoms. The van der Waals surface area contributed by atoms with E-state index in [9.17, 15) is 9.90 Å². The van der Waals surface area contributed by atoms with Crippen LogP contribution in [0.15, 0.2) is 0 Å². The second-order valence-electron chi connectivity index (χ2n) is 2.36. The van der Waals surface area contributed by atoms with Crippen LogP contribution in [0.1, 0.15) is 22.2 Å². The Kier molecular flexibility index (Phi) is 2.86. The first-order valence-electron chi connectivity index (χ1n) is 3.43. The van der Waals surface area contributed by atoms with Gasteiger partial charge in [0.1, 0.15) is 5.15 Å². The average molecular weight is 206 g/mol. The molecular formula is C6H8ClN3O3. The monoisotopic (exact) mass is 205 g/mol. The molecule has 1 heterocycles. The molecule has 0 aliphatic rings. The van der Waals surface area contributed by atoms with E-state index in [1.54, 1.807) is 0 Å². The number of aromatic amines is 1. The highest BCUT2D eigenvalue weighted by atomic mass is 35.5. The molecule has 0 spiro atoms. The fourth-order valence-electron chi connectivity index (χ4n) is 0.914.